The standard InChI is InChI=1S/C19H15N3O3/c23-19(17-10-13-4-1-2-7-16(13)25-17)22-14-5-3-6-15(11-14)24-18-12-20-8-9-21-18/h1-9,11-12,17H,10H2,(H,22,23)/t17-/m1/s1. The zero-order valence-electron chi connectivity index (χ0n) is 13.3. The maximum Gasteiger partial charge on any atom is 0.265 e. The van der Waals surface area contributed by atoms with E-state index in [0.29, 0.717) is 23.7 Å². The SMILES string of the molecule is O=C(Nc1cccc(Oc2cnccn2)c1)[C@H]1Cc2ccccc2O1. The predicted molar refractivity (Wildman–Crippen MR) is 91.7 cm³/mol. The van der Waals surface area contributed by atoms with Crippen molar-refractivity contribution in [1.29, 1.82) is 0 Å². The number of anilines is 1. The van der Waals surface area contributed by atoms with Crippen LogP contribution in [-0.4, -0.2) is 22.0 Å². The Morgan fingerprint density at radius 3 is 2.92 bits per heavy atom. The molecular formula is C19H15N3O3. The number of hydrogen-bond acceptors (Lipinski definition) is 5. The van der Waals surface area contributed by atoms with Crippen molar-refractivity contribution in [2.75, 3.05) is 5.32 Å². The van der Waals surface area contributed by atoms with E-state index in [1.165, 1.54) is 6.20 Å². The molecule has 0 unspecified atom stereocenters. The molecule has 0 spiro atoms. The minimum atomic E-state index is -0.526. The highest BCUT2D eigenvalue weighted by Crippen LogP contribution is 2.29. The molecule has 6 nitrogen and oxygen atoms in total. The molecule has 0 saturated heterocycles. The van der Waals surface area contributed by atoms with Crippen LogP contribution in [-0.2, 0) is 11.2 Å². The van der Waals surface area contributed by atoms with Gasteiger partial charge in [-0.25, -0.2) is 4.98 Å². The zero-order valence-corrected chi connectivity index (χ0v) is 13.3. The number of aromatic nitrogens is 2. The molecule has 2 heterocycles. The van der Waals surface area contributed by atoms with Crippen molar-refractivity contribution in [3.8, 4) is 17.4 Å². The van der Waals surface area contributed by atoms with Gasteiger partial charge < -0.3 is 14.8 Å². The molecule has 2 aromatic carbocycles. The van der Waals surface area contributed by atoms with Gasteiger partial charge in [-0.1, -0.05) is 24.3 Å². The highest BCUT2D eigenvalue weighted by Gasteiger charge is 2.28. The number of nitrogens with one attached hydrogen (secondary N) is 1. The van der Waals surface area contributed by atoms with Crippen LogP contribution in [0.3, 0.4) is 0 Å². The number of carbonyl (C=O) groups is 1. The molecule has 0 radical (unpaired) electrons. The molecule has 1 aliphatic rings. The van der Waals surface area contributed by atoms with Crippen LogP contribution >= 0.6 is 0 Å². The van der Waals surface area contributed by atoms with Crippen molar-refractivity contribution in [3.63, 3.8) is 0 Å². The lowest BCUT2D eigenvalue weighted by atomic mass is 10.1. The van der Waals surface area contributed by atoms with Crippen LogP contribution in [0, 0.1) is 0 Å². The number of hydrogen-bond donors (Lipinski definition) is 1. The second-order valence-electron chi connectivity index (χ2n) is 5.58. The Balaban J connectivity index is 1.43. The van der Waals surface area contributed by atoms with Crippen molar-refractivity contribution in [3.05, 3.63) is 72.7 Å². The Hall–Kier alpha value is -3.41. The minimum absolute atomic E-state index is 0.187. The van der Waals surface area contributed by atoms with Crippen molar-refractivity contribution < 1.29 is 14.3 Å². The van der Waals surface area contributed by atoms with Gasteiger partial charge in [-0.15, -0.1) is 0 Å². The van der Waals surface area contributed by atoms with Crippen molar-refractivity contribution in [2.24, 2.45) is 0 Å². The molecule has 1 atom stereocenters. The van der Waals surface area contributed by atoms with Gasteiger partial charge in [-0.3, -0.25) is 9.78 Å². The van der Waals surface area contributed by atoms with Gasteiger partial charge >= 0.3 is 0 Å². The first kappa shape index (κ1) is 15.1. The van der Waals surface area contributed by atoms with Crippen LogP contribution in [0.4, 0.5) is 5.69 Å². The van der Waals surface area contributed by atoms with Gasteiger partial charge in [0.2, 0.25) is 5.88 Å². The van der Waals surface area contributed by atoms with Crippen LogP contribution in [0.15, 0.2) is 67.1 Å². The summed E-state index contributed by atoms with van der Waals surface area (Å²) in [5.41, 5.74) is 1.67. The summed E-state index contributed by atoms with van der Waals surface area (Å²) >= 11 is 0. The number of amides is 1. The Morgan fingerprint density at radius 2 is 2.08 bits per heavy atom. The first-order valence-corrected chi connectivity index (χ1v) is 7.87. The lowest BCUT2D eigenvalue weighted by Gasteiger charge is -2.12. The molecule has 1 amide bonds. The molecule has 25 heavy (non-hydrogen) atoms. The summed E-state index contributed by atoms with van der Waals surface area (Å²) in [6.07, 6.45) is 4.69. The van der Waals surface area contributed by atoms with Gasteiger partial charge in [0.1, 0.15) is 11.5 Å². The van der Waals surface area contributed by atoms with Gasteiger partial charge in [0.05, 0.1) is 6.20 Å². The average Bonchev–Trinajstić information content (AvgIpc) is 3.07. The summed E-state index contributed by atoms with van der Waals surface area (Å²) in [5, 5.41) is 2.86. The summed E-state index contributed by atoms with van der Waals surface area (Å²) in [7, 11) is 0. The van der Waals surface area contributed by atoms with Crippen molar-refractivity contribution in [1.82, 2.24) is 9.97 Å². The van der Waals surface area contributed by atoms with E-state index in [0.717, 1.165) is 11.3 Å². The molecule has 1 aromatic heterocycles. The van der Waals surface area contributed by atoms with E-state index in [2.05, 4.69) is 15.3 Å². The third-order valence-corrected chi connectivity index (χ3v) is 3.80. The van der Waals surface area contributed by atoms with Gasteiger partial charge in [-0.2, -0.15) is 0 Å². The van der Waals surface area contributed by atoms with Crippen LogP contribution in [0.5, 0.6) is 17.4 Å². The second kappa shape index (κ2) is 6.60. The van der Waals surface area contributed by atoms with E-state index >= 15 is 0 Å². The van der Waals surface area contributed by atoms with Crippen LogP contribution in [0.25, 0.3) is 0 Å². The molecule has 3 aromatic rings. The number of para-hydroxylation sites is 1. The zero-order chi connectivity index (χ0) is 17.1. The number of carbonyl (C=O) groups excluding carboxylic acids is 1. The largest absolute Gasteiger partial charge is 0.480 e. The Labute approximate surface area is 144 Å². The highest BCUT2D eigenvalue weighted by molar-refractivity contribution is 5.95. The molecule has 6 heteroatoms. The van der Waals surface area contributed by atoms with E-state index in [1.807, 2.05) is 24.3 Å². The summed E-state index contributed by atoms with van der Waals surface area (Å²) in [4.78, 5) is 20.5. The number of nitrogens with zero attached hydrogens (tertiary/aromatic N) is 2. The number of fused-ring (bicyclic) bond motifs is 1. The Kier molecular flexibility index (Phi) is 4.00. The minimum Gasteiger partial charge on any atom is -0.480 e. The van der Waals surface area contributed by atoms with E-state index in [-0.39, 0.29) is 5.91 Å². The van der Waals surface area contributed by atoms with E-state index in [9.17, 15) is 4.79 Å². The topological polar surface area (TPSA) is 73.3 Å². The highest BCUT2D eigenvalue weighted by atomic mass is 16.5. The first-order chi connectivity index (χ1) is 12.3. The smallest absolute Gasteiger partial charge is 0.265 e. The Bertz CT molecular complexity index is 874. The lowest BCUT2D eigenvalue weighted by Crippen LogP contribution is -2.31. The third kappa shape index (κ3) is 3.42. The lowest BCUT2D eigenvalue weighted by molar-refractivity contribution is -0.122. The number of rotatable bonds is 4. The maximum absolute atomic E-state index is 12.5. The molecule has 124 valence electrons. The van der Waals surface area contributed by atoms with Gasteiger partial charge in [0, 0.05) is 30.6 Å². The monoisotopic (exact) mass is 333 g/mol. The molecule has 0 saturated carbocycles. The summed E-state index contributed by atoms with van der Waals surface area (Å²) < 4.78 is 11.3. The number of ether oxygens (including phenoxy) is 2. The van der Waals surface area contributed by atoms with Crippen LogP contribution < -0.4 is 14.8 Å². The summed E-state index contributed by atoms with van der Waals surface area (Å²) in [6, 6.07) is 14.8. The van der Waals surface area contributed by atoms with Crippen LogP contribution in [0.2, 0.25) is 0 Å². The molecule has 0 aliphatic carbocycles. The second-order valence-corrected chi connectivity index (χ2v) is 5.58. The van der Waals surface area contributed by atoms with Crippen molar-refractivity contribution in [2.45, 2.75) is 12.5 Å². The molecule has 0 bridgehead atoms. The normalized spacial score (nSPS) is 15.1. The molecule has 0 fully saturated rings. The maximum atomic E-state index is 12.5. The molecule has 4 rings (SSSR count). The van der Waals surface area contributed by atoms with Gasteiger partial charge in [0.25, 0.3) is 5.91 Å². The quantitative estimate of drug-likeness (QED) is 0.793. The molecule has 1 aliphatic heterocycles. The van der Waals surface area contributed by atoms with E-state index in [1.54, 1.807) is 36.7 Å². The molecule has 1 N–H and O–H groups in total. The predicted octanol–water partition coefficient (Wildman–Crippen LogP) is 3.21. The van der Waals surface area contributed by atoms with Crippen molar-refractivity contribution >= 4 is 11.6 Å². The number of benzene rings is 2. The fraction of sp³-hybridized carbons (Fsp3) is 0.105. The summed E-state index contributed by atoms with van der Waals surface area (Å²) in [5.74, 6) is 1.53. The van der Waals surface area contributed by atoms with Crippen LogP contribution in [0.1, 0.15) is 5.56 Å². The first-order valence-electron chi connectivity index (χ1n) is 7.87. The third-order valence-electron chi connectivity index (χ3n) is 3.80. The summed E-state index contributed by atoms with van der Waals surface area (Å²) in [6.45, 7) is 0. The van der Waals surface area contributed by atoms with E-state index in [4.69, 9.17) is 9.47 Å². The fourth-order valence-electron chi connectivity index (χ4n) is 2.65. The Morgan fingerprint density at radius 1 is 1.16 bits per heavy atom. The van der Waals surface area contributed by atoms with E-state index < -0.39 is 6.10 Å². The van der Waals surface area contributed by atoms with Gasteiger partial charge in [-0.05, 0) is 23.8 Å². The average molecular weight is 333 g/mol. The molecular weight excluding hydrogens is 318 g/mol. The fourth-order valence-corrected chi connectivity index (χ4v) is 2.65. The van der Waals surface area contributed by atoms with Gasteiger partial charge in [0.15, 0.2) is 6.10 Å².